The lowest BCUT2D eigenvalue weighted by molar-refractivity contribution is -0.137. The van der Waals surface area contributed by atoms with E-state index >= 15 is 0 Å². The second-order valence-corrected chi connectivity index (χ2v) is 10.5. The van der Waals surface area contributed by atoms with Gasteiger partial charge < -0.3 is 30.8 Å². The number of aldehydes is 1. The Bertz CT molecular complexity index is 1210. The Morgan fingerprint density at radius 3 is 2.33 bits per heavy atom. The molecule has 0 radical (unpaired) electrons. The van der Waals surface area contributed by atoms with Gasteiger partial charge in [-0.1, -0.05) is 50.6 Å². The lowest BCUT2D eigenvalue weighted by atomic mass is 10.1. The van der Waals surface area contributed by atoms with E-state index in [2.05, 4.69) is 45.9 Å². The number of carbonyl (C=O) groups excluding carboxylic acids is 3. The summed E-state index contributed by atoms with van der Waals surface area (Å²) >= 11 is 5.52. The van der Waals surface area contributed by atoms with Crippen molar-refractivity contribution in [3.8, 4) is 0 Å². The van der Waals surface area contributed by atoms with Gasteiger partial charge in [-0.15, -0.1) is 6.58 Å². The Kier molecular flexibility index (Phi) is 26.3. The summed E-state index contributed by atoms with van der Waals surface area (Å²) in [6, 6.07) is 3.29. The fourth-order valence-electron chi connectivity index (χ4n) is 4.41. The molecule has 1 amide bonds. The van der Waals surface area contributed by atoms with Gasteiger partial charge in [0.05, 0.1) is 24.5 Å². The fraction of sp³-hybridized carbons (Fsp3) is 0.529. The van der Waals surface area contributed by atoms with Crippen molar-refractivity contribution in [1.82, 2.24) is 25.6 Å². The van der Waals surface area contributed by atoms with Gasteiger partial charge in [-0.3, -0.25) is 14.6 Å². The van der Waals surface area contributed by atoms with E-state index in [9.17, 15) is 18.0 Å². The molecule has 1 aromatic rings. The molecule has 2 aliphatic rings. The third-order valence-corrected chi connectivity index (χ3v) is 7.46. The van der Waals surface area contributed by atoms with Crippen LogP contribution < -0.4 is 16.4 Å². The average molecular weight is 718 g/mol. The number of amides is 1. The molecule has 2 heterocycles. The molecule has 0 aliphatic carbocycles. The first-order valence-corrected chi connectivity index (χ1v) is 16.3. The summed E-state index contributed by atoms with van der Waals surface area (Å²) in [4.78, 5) is 35.8. The second kappa shape index (κ2) is 27.1. The van der Waals surface area contributed by atoms with E-state index in [0.29, 0.717) is 24.3 Å². The average Bonchev–Trinajstić information content (AvgIpc) is 3.38. The Balaban J connectivity index is 0. The molecular formula is C34H55ClF3N7O4. The molecule has 3 rings (SSSR count). The quantitative estimate of drug-likeness (QED) is 0.114. The highest BCUT2D eigenvalue weighted by Crippen LogP contribution is 2.31. The van der Waals surface area contributed by atoms with Crippen LogP contribution in [0, 0.1) is 6.92 Å². The van der Waals surface area contributed by atoms with Gasteiger partial charge in [-0.2, -0.15) is 18.2 Å². The van der Waals surface area contributed by atoms with Crippen LogP contribution in [0.15, 0.2) is 58.9 Å². The number of allylic oxidation sites excluding steroid dienone is 3. The number of benzene rings is 1. The van der Waals surface area contributed by atoms with Crippen molar-refractivity contribution in [3.63, 3.8) is 0 Å². The number of guanidine groups is 1. The number of aliphatic imine (C=N–C) groups is 1. The van der Waals surface area contributed by atoms with Crippen molar-refractivity contribution in [2.24, 2.45) is 10.7 Å². The van der Waals surface area contributed by atoms with Crippen LogP contribution in [0.2, 0.25) is 5.02 Å². The third-order valence-electron chi connectivity index (χ3n) is 7.05. The standard InChI is InChI=1S/C22H38N6O2.C8H6ClF3.C2H6.CH3NO.CH2O/c1-6-8-9-13-28(14-12-23-3)20(17-29)19(7-2)24-22-25-21(26(4)27(22)5)18-10-15-30-16-11-18;1-5-2-3-6(4-7(5)9)8(10,11)12;1-2;2-1-3;1-2/h6,10,17,21,23H,1,7-9,11-16H2,2-5H3,(H,24,25);2-4H,1H3;1-2H3;1H,(H2,2,3);1H2/b20-19+;;;;. The molecular weight excluding hydrogens is 663 g/mol. The predicted molar refractivity (Wildman–Crippen MR) is 192 cm³/mol. The maximum Gasteiger partial charge on any atom is 0.416 e. The number of aryl methyl sites for hydroxylation is 1. The molecule has 49 heavy (non-hydrogen) atoms. The third kappa shape index (κ3) is 17.0. The molecule has 4 N–H and O–H groups in total. The molecule has 278 valence electrons. The number of hydrazine groups is 1. The van der Waals surface area contributed by atoms with Crippen LogP contribution in [-0.2, 0) is 25.3 Å². The van der Waals surface area contributed by atoms with E-state index in [4.69, 9.17) is 30.9 Å². The largest absolute Gasteiger partial charge is 0.416 e. The number of carbonyl (C=O) groups is 3. The number of unbranched alkanes of at least 4 members (excludes halogenated alkanes) is 1. The molecule has 0 saturated carbocycles. The van der Waals surface area contributed by atoms with Crippen LogP contribution in [0.3, 0.4) is 0 Å². The Labute approximate surface area is 295 Å². The normalized spacial score (nSPS) is 15.8. The number of halogens is 4. The Hall–Kier alpha value is -3.72. The zero-order valence-electron chi connectivity index (χ0n) is 29.9. The molecule has 0 spiro atoms. The first kappa shape index (κ1) is 47.4. The molecule has 1 unspecified atom stereocenters. The fourth-order valence-corrected chi connectivity index (χ4v) is 4.59. The molecule has 0 saturated heterocycles. The minimum absolute atomic E-state index is 0.0350. The van der Waals surface area contributed by atoms with Crippen molar-refractivity contribution in [1.29, 1.82) is 0 Å². The highest BCUT2D eigenvalue weighted by atomic mass is 35.5. The first-order valence-electron chi connectivity index (χ1n) is 15.9. The van der Waals surface area contributed by atoms with Gasteiger partial charge in [0.25, 0.3) is 0 Å². The van der Waals surface area contributed by atoms with Gasteiger partial charge in [-0.25, -0.2) is 4.99 Å². The van der Waals surface area contributed by atoms with E-state index in [1.807, 2.05) is 52.9 Å². The van der Waals surface area contributed by atoms with Gasteiger partial charge in [0, 0.05) is 44.4 Å². The number of likely N-dealkylation sites (N-methyl/N-ethyl adjacent to an activating group) is 2. The summed E-state index contributed by atoms with van der Waals surface area (Å²) in [5.74, 6) is 0.755. The molecule has 15 heteroatoms. The van der Waals surface area contributed by atoms with Gasteiger partial charge >= 0.3 is 6.18 Å². The number of alkyl halides is 3. The predicted octanol–water partition coefficient (Wildman–Crippen LogP) is 5.32. The van der Waals surface area contributed by atoms with E-state index in [0.717, 1.165) is 75.6 Å². The highest BCUT2D eigenvalue weighted by molar-refractivity contribution is 6.31. The van der Waals surface area contributed by atoms with E-state index in [1.165, 1.54) is 11.6 Å². The topological polar surface area (TPSA) is 133 Å². The maximum atomic E-state index is 12.1. The molecule has 0 aromatic heterocycles. The summed E-state index contributed by atoms with van der Waals surface area (Å²) < 4.78 is 41.6. The highest BCUT2D eigenvalue weighted by Gasteiger charge is 2.32. The number of primary amides is 1. The van der Waals surface area contributed by atoms with Crippen LogP contribution >= 0.6 is 11.6 Å². The first-order chi connectivity index (χ1) is 23.4. The Morgan fingerprint density at radius 2 is 1.86 bits per heavy atom. The summed E-state index contributed by atoms with van der Waals surface area (Å²) in [6.07, 6.45) is 4.40. The molecule has 1 aromatic carbocycles. The van der Waals surface area contributed by atoms with Crippen LogP contribution in [0.5, 0.6) is 0 Å². The van der Waals surface area contributed by atoms with Gasteiger partial charge in [0.2, 0.25) is 12.4 Å². The zero-order valence-corrected chi connectivity index (χ0v) is 30.7. The van der Waals surface area contributed by atoms with Crippen LogP contribution in [0.4, 0.5) is 13.2 Å². The number of nitrogens with two attached hydrogens (primary N) is 1. The lowest BCUT2D eigenvalue weighted by Gasteiger charge is -2.30. The lowest BCUT2D eigenvalue weighted by Crippen LogP contribution is -2.45. The molecule has 1 atom stereocenters. The van der Waals surface area contributed by atoms with Crippen LogP contribution in [0.1, 0.15) is 57.6 Å². The number of nitrogens with zero attached hydrogens (tertiary/aromatic N) is 4. The number of nitrogens with one attached hydrogen (secondary N) is 2. The van der Waals surface area contributed by atoms with Gasteiger partial charge in [0.1, 0.15) is 13.0 Å². The van der Waals surface area contributed by atoms with Crippen molar-refractivity contribution >= 4 is 37.0 Å². The second-order valence-electron chi connectivity index (χ2n) is 10.1. The van der Waals surface area contributed by atoms with Crippen LogP contribution in [0.25, 0.3) is 0 Å². The van der Waals surface area contributed by atoms with Gasteiger partial charge in [-0.05, 0) is 62.9 Å². The minimum atomic E-state index is -4.31. The SMILES string of the molecule is C=CCCCN(CCNC)/C(C=O)=C(\CC)NC1=NC(C2=CCOCC2)N(C)N1C.C=O.CC.Cc1ccc(C(F)(F)F)cc1Cl.NC=O. The summed E-state index contributed by atoms with van der Waals surface area (Å²) in [5, 5.41) is 10.9. The van der Waals surface area contributed by atoms with Crippen molar-refractivity contribution in [2.45, 2.75) is 65.7 Å². The van der Waals surface area contributed by atoms with Gasteiger partial charge in [0.15, 0.2) is 6.29 Å². The van der Waals surface area contributed by atoms with Crippen molar-refractivity contribution in [2.75, 3.05) is 54.0 Å². The summed E-state index contributed by atoms with van der Waals surface area (Å²) in [7, 11) is 5.94. The Morgan fingerprint density at radius 1 is 1.22 bits per heavy atom. The summed E-state index contributed by atoms with van der Waals surface area (Å²) in [6.45, 7) is 17.3. The van der Waals surface area contributed by atoms with E-state index in [-0.39, 0.29) is 17.6 Å². The van der Waals surface area contributed by atoms with E-state index in [1.54, 1.807) is 6.92 Å². The monoisotopic (exact) mass is 717 g/mol. The number of hydrogen-bond acceptors (Lipinski definition) is 10. The number of hydrogen-bond donors (Lipinski definition) is 3. The number of ether oxygens (including phenoxy) is 1. The number of rotatable bonds is 12. The maximum absolute atomic E-state index is 12.1. The van der Waals surface area contributed by atoms with Crippen LogP contribution in [-0.4, -0.2) is 101 Å². The zero-order chi connectivity index (χ0) is 38.0. The summed E-state index contributed by atoms with van der Waals surface area (Å²) in [5.41, 5.74) is 6.96. The minimum Gasteiger partial charge on any atom is -0.377 e. The molecule has 11 nitrogen and oxygen atoms in total. The smallest absolute Gasteiger partial charge is 0.377 e. The van der Waals surface area contributed by atoms with E-state index < -0.39 is 11.7 Å². The molecule has 0 fully saturated rings. The molecule has 2 aliphatic heterocycles. The van der Waals surface area contributed by atoms with Crippen molar-refractivity contribution in [3.05, 3.63) is 70.0 Å². The molecule has 0 bridgehead atoms. The van der Waals surface area contributed by atoms with Crippen molar-refractivity contribution < 1.29 is 32.3 Å².